The maximum Gasteiger partial charge on any atom is 0.316 e. The summed E-state index contributed by atoms with van der Waals surface area (Å²) in [5.41, 5.74) is 4.44. The van der Waals surface area contributed by atoms with Crippen LogP contribution in [0.15, 0.2) is 36.4 Å². The van der Waals surface area contributed by atoms with Crippen LogP contribution in [-0.2, 0) is 28.7 Å². The van der Waals surface area contributed by atoms with Gasteiger partial charge in [-0.1, -0.05) is 44.2 Å². The van der Waals surface area contributed by atoms with E-state index in [-0.39, 0.29) is 29.9 Å². The number of hydrogen-bond donors (Lipinski definition) is 3. The molecule has 4 atom stereocenters. The zero-order valence-electron chi connectivity index (χ0n) is 26.8. The van der Waals surface area contributed by atoms with Crippen molar-refractivity contribution in [3.05, 3.63) is 47.7 Å². The van der Waals surface area contributed by atoms with Crippen molar-refractivity contribution in [1.29, 1.82) is 0 Å². The molecule has 45 heavy (non-hydrogen) atoms. The number of rotatable bonds is 2. The lowest BCUT2D eigenvalue weighted by Gasteiger charge is -2.37. The second kappa shape index (κ2) is 13.7. The van der Waals surface area contributed by atoms with Crippen molar-refractivity contribution in [2.24, 2.45) is 11.3 Å². The van der Waals surface area contributed by atoms with E-state index in [1.165, 1.54) is 5.01 Å². The molecule has 5 bridgehead atoms. The van der Waals surface area contributed by atoms with Gasteiger partial charge in [0, 0.05) is 19.0 Å². The Morgan fingerprint density at radius 2 is 1.69 bits per heavy atom. The molecule has 3 heterocycles. The third-order valence-corrected chi connectivity index (χ3v) is 9.30. The minimum atomic E-state index is -1.09. The highest BCUT2D eigenvalue weighted by atomic mass is 16.6. The van der Waals surface area contributed by atoms with E-state index < -0.39 is 35.5 Å². The second-order valence-electron chi connectivity index (χ2n) is 13.0. The highest BCUT2D eigenvalue weighted by Crippen LogP contribution is 2.41. The lowest BCUT2D eigenvalue weighted by atomic mass is 9.72. The van der Waals surface area contributed by atoms with Crippen molar-refractivity contribution in [3.63, 3.8) is 0 Å². The van der Waals surface area contributed by atoms with Crippen molar-refractivity contribution in [3.8, 4) is 0 Å². The number of cyclic esters (lactones) is 1. The number of amides is 3. The Morgan fingerprint density at radius 1 is 0.978 bits per heavy atom. The highest BCUT2D eigenvalue weighted by Gasteiger charge is 2.44. The van der Waals surface area contributed by atoms with E-state index in [0.717, 1.165) is 16.5 Å². The van der Waals surface area contributed by atoms with Gasteiger partial charge in [-0.25, -0.2) is 5.43 Å². The lowest BCUT2D eigenvalue weighted by molar-refractivity contribution is -0.169. The van der Waals surface area contributed by atoms with E-state index in [1.807, 2.05) is 63.3 Å². The smallest absolute Gasteiger partial charge is 0.316 e. The molecule has 3 N–H and O–H groups in total. The summed E-state index contributed by atoms with van der Waals surface area (Å²) in [6.45, 7) is 7.48. The van der Waals surface area contributed by atoms with Crippen LogP contribution in [0.3, 0.4) is 0 Å². The summed E-state index contributed by atoms with van der Waals surface area (Å²) in [6, 6.07) is 7.90. The van der Waals surface area contributed by atoms with Gasteiger partial charge in [-0.15, -0.1) is 0 Å². The molecule has 5 rings (SSSR count). The molecular weight excluding hydrogens is 574 g/mol. The van der Waals surface area contributed by atoms with Gasteiger partial charge in [-0.05, 0) is 76.0 Å². The predicted octanol–water partition coefficient (Wildman–Crippen LogP) is 3.58. The van der Waals surface area contributed by atoms with Crippen molar-refractivity contribution in [2.75, 3.05) is 13.7 Å². The fraction of sp³-hybridized carbons (Fsp3) is 0.559. The van der Waals surface area contributed by atoms with Crippen LogP contribution in [0.25, 0.3) is 17.0 Å². The Balaban J connectivity index is 1.53. The van der Waals surface area contributed by atoms with Crippen LogP contribution < -0.4 is 16.1 Å². The number of esters is 1. The summed E-state index contributed by atoms with van der Waals surface area (Å²) in [5, 5.41) is 8.14. The average molecular weight is 620 g/mol. The van der Waals surface area contributed by atoms with Crippen molar-refractivity contribution < 1.29 is 28.7 Å². The molecule has 0 unspecified atom stereocenters. The summed E-state index contributed by atoms with van der Waals surface area (Å²) < 4.78 is 11.6. The third kappa shape index (κ3) is 7.20. The zero-order chi connectivity index (χ0) is 32.3. The van der Waals surface area contributed by atoms with Crippen LogP contribution in [0.5, 0.6) is 0 Å². The largest absolute Gasteiger partial charge is 0.451 e. The molecule has 0 radical (unpaired) electrons. The van der Waals surface area contributed by atoms with Gasteiger partial charge in [0.25, 0.3) is 11.8 Å². The molecule has 3 aliphatic rings. The van der Waals surface area contributed by atoms with Gasteiger partial charge >= 0.3 is 5.97 Å². The van der Waals surface area contributed by atoms with E-state index >= 15 is 0 Å². The number of nitrogens with zero attached hydrogens (tertiary/aromatic N) is 2. The van der Waals surface area contributed by atoms with Gasteiger partial charge in [0.1, 0.15) is 12.1 Å². The van der Waals surface area contributed by atoms with Crippen LogP contribution in [0.1, 0.15) is 83.5 Å². The summed E-state index contributed by atoms with van der Waals surface area (Å²) >= 11 is 0. The van der Waals surface area contributed by atoms with Gasteiger partial charge in [0.15, 0.2) is 6.10 Å². The molecule has 2 aromatic rings. The number of pyridine rings is 1. The molecule has 3 amide bonds. The van der Waals surface area contributed by atoms with Crippen LogP contribution >= 0.6 is 0 Å². The molecule has 1 spiro atoms. The first-order valence-corrected chi connectivity index (χ1v) is 16.0. The molecule has 1 aliphatic carbocycles. The summed E-state index contributed by atoms with van der Waals surface area (Å²) in [5.74, 6) is -1.95. The molecule has 1 saturated heterocycles. The Bertz CT molecular complexity index is 1470. The number of aromatic nitrogens is 1. The van der Waals surface area contributed by atoms with E-state index in [0.29, 0.717) is 50.8 Å². The van der Waals surface area contributed by atoms with Gasteiger partial charge < -0.3 is 20.1 Å². The molecular formula is C34H45N5O6. The molecule has 1 aromatic carbocycles. The quantitative estimate of drug-likeness (QED) is 0.434. The van der Waals surface area contributed by atoms with Gasteiger partial charge in [-0.3, -0.25) is 29.2 Å². The highest BCUT2D eigenvalue weighted by molar-refractivity contribution is 5.92. The number of hydrogen-bond acceptors (Lipinski definition) is 8. The summed E-state index contributed by atoms with van der Waals surface area (Å²) in [6.07, 6.45) is 6.33. The fourth-order valence-corrected chi connectivity index (χ4v) is 6.37. The van der Waals surface area contributed by atoms with Crippen molar-refractivity contribution >= 4 is 40.7 Å². The first-order chi connectivity index (χ1) is 21.5. The van der Waals surface area contributed by atoms with Crippen molar-refractivity contribution in [2.45, 2.75) is 96.6 Å². The Hall–Kier alpha value is -3.83. The lowest BCUT2D eigenvalue weighted by Crippen LogP contribution is -2.61. The normalized spacial score (nSPS) is 30.4. The van der Waals surface area contributed by atoms with Gasteiger partial charge in [0.2, 0.25) is 5.91 Å². The average Bonchev–Trinajstić information content (AvgIpc) is 3.04. The molecule has 1 aromatic heterocycles. The second-order valence-corrected chi connectivity index (χ2v) is 13.0. The Kier molecular flexibility index (Phi) is 9.88. The zero-order valence-corrected chi connectivity index (χ0v) is 26.8. The molecule has 1 saturated carbocycles. The van der Waals surface area contributed by atoms with E-state index in [9.17, 15) is 19.2 Å². The number of ether oxygens (including phenoxy) is 2. The molecule has 11 nitrogen and oxygen atoms in total. The van der Waals surface area contributed by atoms with E-state index in [4.69, 9.17) is 14.5 Å². The first kappa shape index (κ1) is 32.6. The number of fused-ring (bicyclic) bond motifs is 4. The van der Waals surface area contributed by atoms with E-state index in [2.05, 4.69) is 16.1 Å². The Morgan fingerprint density at radius 3 is 2.40 bits per heavy atom. The molecule has 2 aliphatic heterocycles. The van der Waals surface area contributed by atoms with Gasteiger partial charge in [-0.2, -0.15) is 0 Å². The number of carbonyl (C=O) groups excluding carboxylic acids is 4. The van der Waals surface area contributed by atoms with Crippen LogP contribution in [0.4, 0.5) is 0 Å². The van der Waals surface area contributed by atoms with Gasteiger partial charge in [0.05, 0.1) is 28.8 Å². The third-order valence-electron chi connectivity index (χ3n) is 9.30. The van der Waals surface area contributed by atoms with Crippen LogP contribution in [0, 0.1) is 11.3 Å². The number of carbonyl (C=O) groups is 4. The fourth-order valence-electron chi connectivity index (χ4n) is 6.37. The minimum absolute atomic E-state index is 0.0480. The Labute approximate surface area is 264 Å². The summed E-state index contributed by atoms with van der Waals surface area (Å²) in [4.78, 5) is 59.0. The number of hydrazine groups is 1. The predicted molar refractivity (Wildman–Crippen MR) is 169 cm³/mol. The molecule has 2 fully saturated rings. The number of nitrogens with one attached hydrogen (secondary N) is 3. The molecule has 242 valence electrons. The minimum Gasteiger partial charge on any atom is -0.451 e. The first-order valence-electron chi connectivity index (χ1n) is 16.0. The standard InChI is InChI=1S/C34H45N5O6/c1-20(2)29-31(41)36-22(4)32(42)39-18-6-7-27(38-39)30(40)35-21(3)26-11-10-24-9-8-23(19-28(24)37-26)12-15-34(33(43)45-29)16-13-25(44-5)14-17-34/h8-12,15,19-22,25,27,29,38H,6-7,13-14,16-18H2,1-5H3,(H,35,40)(H,36,41)/t21-,22+,25?,27+,29+,34?/m1/s1. The SMILES string of the molecule is COC1CCC2(C=Cc3ccc4ccc(nc4c3)[C@@H](C)NC(=O)[C@@H]3CCCN(N3)C(=O)[C@H](C)NC(=O)[C@H](C(C)C)OC2=O)CC1. The topological polar surface area (TPSA) is 139 Å². The maximum atomic E-state index is 14.0. The maximum absolute atomic E-state index is 14.0. The van der Waals surface area contributed by atoms with Crippen molar-refractivity contribution in [1.82, 2.24) is 26.1 Å². The monoisotopic (exact) mass is 619 g/mol. The number of methoxy groups -OCH3 is 1. The van der Waals surface area contributed by atoms with E-state index in [1.54, 1.807) is 14.0 Å². The molecule has 11 heteroatoms. The van der Waals surface area contributed by atoms with Crippen LogP contribution in [0.2, 0.25) is 0 Å². The summed E-state index contributed by atoms with van der Waals surface area (Å²) in [7, 11) is 1.68. The van der Waals surface area contributed by atoms with Crippen LogP contribution in [-0.4, -0.2) is 71.6 Å². The number of benzene rings is 1.